The van der Waals surface area contributed by atoms with E-state index in [9.17, 15) is 4.79 Å². The fourth-order valence-electron chi connectivity index (χ4n) is 2.99. The summed E-state index contributed by atoms with van der Waals surface area (Å²) in [4.78, 5) is 17.9. The molecule has 4 rings (SSSR count). The number of para-hydroxylation sites is 1. The molecule has 0 fully saturated rings. The van der Waals surface area contributed by atoms with Gasteiger partial charge in [-0.3, -0.25) is 4.79 Å². The number of aryl methyl sites for hydroxylation is 1. The summed E-state index contributed by atoms with van der Waals surface area (Å²) in [5.41, 5.74) is 4.25. The molecular formula is C23H19N3O. The van der Waals surface area contributed by atoms with Crippen LogP contribution in [0.3, 0.4) is 0 Å². The summed E-state index contributed by atoms with van der Waals surface area (Å²) in [6.07, 6.45) is 0. The van der Waals surface area contributed by atoms with Crippen LogP contribution in [-0.2, 0) is 0 Å². The molecule has 1 heterocycles. The fourth-order valence-corrected chi connectivity index (χ4v) is 2.99. The Morgan fingerprint density at radius 3 is 2.30 bits per heavy atom. The van der Waals surface area contributed by atoms with Gasteiger partial charge in [0.25, 0.3) is 5.56 Å². The number of fused-ring (bicyclic) bond motifs is 1. The van der Waals surface area contributed by atoms with Crippen molar-refractivity contribution in [3.05, 3.63) is 100 Å². The van der Waals surface area contributed by atoms with Gasteiger partial charge in [-0.25, -0.2) is 4.98 Å². The molecule has 0 N–H and O–H groups in total. The van der Waals surface area contributed by atoms with E-state index in [1.165, 1.54) is 10.2 Å². The van der Waals surface area contributed by atoms with Gasteiger partial charge in [0, 0.05) is 5.56 Å². The second-order valence-electron chi connectivity index (χ2n) is 6.49. The van der Waals surface area contributed by atoms with Crippen LogP contribution in [0.4, 0.5) is 0 Å². The largest absolute Gasteiger partial charge is 0.282 e. The van der Waals surface area contributed by atoms with Crippen molar-refractivity contribution in [2.45, 2.75) is 13.8 Å². The lowest BCUT2D eigenvalue weighted by atomic mass is 10.1. The molecule has 3 aromatic carbocycles. The van der Waals surface area contributed by atoms with Gasteiger partial charge in [-0.05, 0) is 31.5 Å². The molecule has 0 saturated heterocycles. The van der Waals surface area contributed by atoms with Gasteiger partial charge in [0.2, 0.25) is 0 Å². The Morgan fingerprint density at radius 1 is 0.889 bits per heavy atom. The van der Waals surface area contributed by atoms with Crippen LogP contribution in [0.15, 0.2) is 88.8 Å². The van der Waals surface area contributed by atoms with Gasteiger partial charge in [-0.2, -0.15) is 9.78 Å². The highest BCUT2D eigenvalue weighted by atomic mass is 16.1. The standard InChI is InChI=1S/C23H19N3O/c1-16-12-14-18(15-13-16)17(2)25-26-22(19-8-4-3-5-9-19)24-21-11-7-6-10-20(21)23(26)27/h3-15H,1-2H3. The monoisotopic (exact) mass is 353 g/mol. The van der Waals surface area contributed by atoms with Crippen molar-refractivity contribution in [1.29, 1.82) is 0 Å². The van der Waals surface area contributed by atoms with Crippen LogP contribution in [0.1, 0.15) is 18.1 Å². The quantitative estimate of drug-likeness (QED) is 0.504. The van der Waals surface area contributed by atoms with Gasteiger partial charge in [-0.15, -0.1) is 0 Å². The van der Waals surface area contributed by atoms with Gasteiger partial charge in [0.1, 0.15) is 0 Å². The molecular weight excluding hydrogens is 334 g/mol. The summed E-state index contributed by atoms with van der Waals surface area (Å²) in [6, 6.07) is 25.1. The Bertz CT molecular complexity index is 1190. The Kier molecular flexibility index (Phi) is 4.38. The average Bonchev–Trinajstić information content (AvgIpc) is 2.71. The Labute approximate surface area is 157 Å². The zero-order valence-corrected chi connectivity index (χ0v) is 15.3. The van der Waals surface area contributed by atoms with Crippen LogP contribution in [0.25, 0.3) is 22.3 Å². The maximum absolute atomic E-state index is 13.2. The molecule has 0 radical (unpaired) electrons. The normalized spacial score (nSPS) is 11.7. The number of nitrogens with zero attached hydrogens (tertiary/aromatic N) is 3. The first kappa shape index (κ1) is 16.9. The van der Waals surface area contributed by atoms with Crippen LogP contribution < -0.4 is 5.56 Å². The zero-order chi connectivity index (χ0) is 18.8. The van der Waals surface area contributed by atoms with Crippen molar-refractivity contribution in [3.8, 4) is 11.4 Å². The molecule has 0 atom stereocenters. The van der Waals surface area contributed by atoms with Gasteiger partial charge in [0.15, 0.2) is 5.82 Å². The summed E-state index contributed by atoms with van der Waals surface area (Å²) in [5.74, 6) is 0.533. The Hall–Kier alpha value is -3.53. The Balaban J connectivity index is 1.98. The first-order valence-electron chi connectivity index (χ1n) is 8.83. The number of aromatic nitrogens is 2. The lowest BCUT2D eigenvalue weighted by Gasteiger charge is -2.11. The van der Waals surface area contributed by atoms with E-state index in [4.69, 9.17) is 4.98 Å². The first-order valence-corrected chi connectivity index (χ1v) is 8.83. The third kappa shape index (κ3) is 3.29. The van der Waals surface area contributed by atoms with E-state index in [-0.39, 0.29) is 5.56 Å². The molecule has 1 aromatic heterocycles. The molecule has 0 bridgehead atoms. The highest BCUT2D eigenvalue weighted by molar-refractivity contribution is 5.98. The third-order valence-electron chi connectivity index (χ3n) is 4.51. The molecule has 4 heteroatoms. The van der Waals surface area contributed by atoms with Gasteiger partial charge in [0.05, 0.1) is 16.6 Å². The van der Waals surface area contributed by atoms with E-state index >= 15 is 0 Å². The van der Waals surface area contributed by atoms with Crippen molar-refractivity contribution in [2.75, 3.05) is 0 Å². The number of hydrogen-bond donors (Lipinski definition) is 0. The smallest absolute Gasteiger partial charge is 0.267 e. The molecule has 132 valence electrons. The molecule has 4 nitrogen and oxygen atoms in total. The van der Waals surface area contributed by atoms with Crippen LogP contribution >= 0.6 is 0 Å². The molecule has 0 unspecified atom stereocenters. The van der Waals surface area contributed by atoms with Crippen molar-refractivity contribution >= 4 is 16.6 Å². The van der Waals surface area contributed by atoms with Crippen molar-refractivity contribution in [3.63, 3.8) is 0 Å². The van der Waals surface area contributed by atoms with Gasteiger partial charge >= 0.3 is 0 Å². The summed E-state index contributed by atoms with van der Waals surface area (Å²) >= 11 is 0. The maximum Gasteiger partial charge on any atom is 0.282 e. The van der Waals surface area contributed by atoms with E-state index in [2.05, 4.69) is 5.10 Å². The lowest BCUT2D eigenvalue weighted by Crippen LogP contribution is -2.21. The molecule has 4 aromatic rings. The predicted octanol–water partition coefficient (Wildman–Crippen LogP) is 4.64. The number of benzene rings is 3. The molecule has 0 aliphatic carbocycles. The number of hydrogen-bond acceptors (Lipinski definition) is 3. The van der Waals surface area contributed by atoms with Gasteiger partial charge in [-0.1, -0.05) is 72.3 Å². The van der Waals surface area contributed by atoms with E-state index in [0.29, 0.717) is 16.7 Å². The van der Waals surface area contributed by atoms with Crippen molar-refractivity contribution < 1.29 is 0 Å². The highest BCUT2D eigenvalue weighted by Gasteiger charge is 2.12. The average molecular weight is 353 g/mol. The second-order valence-corrected chi connectivity index (χ2v) is 6.49. The van der Waals surface area contributed by atoms with Crippen LogP contribution in [-0.4, -0.2) is 15.4 Å². The molecule has 0 amide bonds. The summed E-state index contributed by atoms with van der Waals surface area (Å²) < 4.78 is 1.41. The van der Waals surface area contributed by atoms with Crippen molar-refractivity contribution in [2.24, 2.45) is 5.10 Å². The van der Waals surface area contributed by atoms with Crippen molar-refractivity contribution in [1.82, 2.24) is 9.66 Å². The second kappa shape index (κ2) is 7.00. The number of rotatable bonds is 3. The Morgan fingerprint density at radius 2 is 1.56 bits per heavy atom. The summed E-state index contributed by atoms with van der Waals surface area (Å²) in [6.45, 7) is 3.95. The molecule has 0 saturated carbocycles. The molecule has 27 heavy (non-hydrogen) atoms. The van der Waals surface area contributed by atoms with Crippen LogP contribution in [0.5, 0.6) is 0 Å². The predicted molar refractivity (Wildman–Crippen MR) is 110 cm³/mol. The van der Waals surface area contributed by atoms with E-state index < -0.39 is 0 Å². The fraction of sp³-hybridized carbons (Fsp3) is 0.0870. The third-order valence-corrected chi connectivity index (χ3v) is 4.51. The van der Waals surface area contributed by atoms with Crippen LogP contribution in [0, 0.1) is 6.92 Å². The first-order chi connectivity index (χ1) is 13.1. The molecule has 0 aliphatic heterocycles. The zero-order valence-electron chi connectivity index (χ0n) is 15.3. The van der Waals surface area contributed by atoms with E-state index in [0.717, 1.165) is 16.8 Å². The maximum atomic E-state index is 13.2. The summed E-state index contributed by atoms with van der Waals surface area (Å²) in [7, 11) is 0. The highest BCUT2D eigenvalue weighted by Crippen LogP contribution is 2.19. The topological polar surface area (TPSA) is 47.2 Å². The summed E-state index contributed by atoms with van der Waals surface area (Å²) in [5, 5.41) is 5.20. The lowest BCUT2D eigenvalue weighted by molar-refractivity contribution is 0.824. The van der Waals surface area contributed by atoms with E-state index in [1.54, 1.807) is 6.07 Å². The SMILES string of the molecule is CC(=Nn1c(-c2ccccc2)nc2ccccc2c1=O)c1ccc(C)cc1. The van der Waals surface area contributed by atoms with E-state index in [1.807, 2.05) is 86.6 Å². The minimum absolute atomic E-state index is 0.175. The minimum Gasteiger partial charge on any atom is -0.267 e. The van der Waals surface area contributed by atoms with Crippen LogP contribution in [0.2, 0.25) is 0 Å². The van der Waals surface area contributed by atoms with Gasteiger partial charge < -0.3 is 0 Å². The minimum atomic E-state index is -0.175. The molecule has 0 spiro atoms. The molecule has 0 aliphatic rings.